The van der Waals surface area contributed by atoms with Crippen molar-refractivity contribution < 1.29 is 13.2 Å². The summed E-state index contributed by atoms with van der Waals surface area (Å²) in [6, 6.07) is 0.618. The molecule has 1 rings (SSSR count). The number of benzene rings is 1. The van der Waals surface area contributed by atoms with E-state index in [1.807, 2.05) is 0 Å². The molecule has 0 aliphatic heterocycles. The third-order valence-electron chi connectivity index (χ3n) is 1.13. The molecule has 1 aromatic rings. The zero-order chi connectivity index (χ0) is 8.59. The highest BCUT2D eigenvalue weighted by molar-refractivity contribution is 14.1. The fourth-order valence-electron chi connectivity index (χ4n) is 0.591. The van der Waals surface area contributed by atoms with E-state index in [4.69, 9.17) is 7.85 Å². The van der Waals surface area contributed by atoms with Gasteiger partial charge in [0.1, 0.15) is 13.7 Å². The van der Waals surface area contributed by atoms with Crippen LogP contribution in [0.1, 0.15) is 0 Å². The zero-order valence-corrected chi connectivity index (χ0v) is 7.32. The summed E-state index contributed by atoms with van der Waals surface area (Å²) in [5, 5.41) is 0. The Morgan fingerprint density at radius 2 is 1.73 bits per heavy atom. The van der Waals surface area contributed by atoms with Gasteiger partial charge >= 0.3 is 0 Å². The topological polar surface area (TPSA) is 0 Å². The Hall–Kier alpha value is -0.195. The molecule has 0 spiro atoms. The van der Waals surface area contributed by atoms with E-state index in [-0.39, 0.29) is 5.46 Å². The molecule has 0 fully saturated rings. The number of rotatable bonds is 0. The highest BCUT2D eigenvalue weighted by Gasteiger charge is 2.12. The van der Waals surface area contributed by atoms with E-state index < -0.39 is 21.0 Å². The van der Waals surface area contributed by atoms with Crippen molar-refractivity contribution in [1.82, 2.24) is 0 Å². The van der Waals surface area contributed by atoms with Gasteiger partial charge in [0.2, 0.25) is 0 Å². The summed E-state index contributed by atoms with van der Waals surface area (Å²) >= 11 is 1.35. The fourth-order valence-corrected chi connectivity index (χ4v) is 1.16. The van der Waals surface area contributed by atoms with E-state index in [1.54, 1.807) is 0 Å². The molecule has 0 unspecified atom stereocenters. The quantitative estimate of drug-likeness (QED) is 0.289. The molecule has 0 heterocycles. The van der Waals surface area contributed by atoms with Crippen LogP contribution in [0, 0.1) is 21.0 Å². The summed E-state index contributed by atoms with van der Waals surface area (Å²) in [6.45, 7) is 0. The Morgan fingerprint density at radius 1 is 1.18 bits per heavy atom. The number of halogens is 4. The van der Waals surface area contributed by atoms with E-state index in [1.165, 1.54) is 22.6 Å². The van der Waals surface area contributed by atoms with Crippen molar-refractivity contribution in [2.45, 2.75) is 0 Å². The Morgan fingerprint density at radius 3 is 2.27 bits per heavy atom. The van der Waals surface area contributed by atoms with Crippen LogP contribution in [0.2, 0.25) is 0 Å². The lowest BCUT2D eigenvalue weighted by atomic mass is 9.95. The van der Waals surface area contributed by atoms with Crippen LogP contribution in [-0.4, -0.2) is 7.85 Å². The zero-order valence-electron chi connectivity index (χ0n) is 5.17. The summed E-state index contributed by atoms with van der Waals surface area (Å²) in [7, 11) is 5.00. The Bertz CT molecular complexity index is 274. The molecule has 2 radical (unpaired) electrons. The second-order valence-electron chi connectivity index (χ2n) is 1.89. The smallest absolute Gasteiger partial charge is 0.175 e. The monoisotopic (exact) mass is 268 g/mol. The van der Waals surface area contributed by atoms with Crippen molar-refractivity contribution in [2.24, 2.45) is 0 Å². The molecule has 5 heteroatoms. The Kier molecular flexibility index (Phi) is 2.46. The first-order chi connectivity index (χ1) is 5.04. The van der Waals surface area contributed by atoms with Crippen molar-refractivity contribution in [3.63, 3.8) is 0 Å². The summed E-state index contributed by atoms with van der Waals surface area (Å²) < 4.78 is 37.1. The second-order valence-corrected chi connectivity index (χ2v) is 2.97. The molecule has 11 heavy (non-hydrogen) atoms. The molecule has 0 N–H and O–H groups in total. The summed E-state index contributed by atoms with van der Waals surface area (Å²) in [6.07, 6.45) is 0. The normalized spacial score (nSPS) is 10.2. The van der Waals surface area contributed by atoms with Crippen LogP contribution in [0.4, 0.5) is 13.2 Å². The molecule has 56 valence electrons. The van der Waals surface area contributed by atoms with Crippen LogP contribution in [0.5, 0.6) is 0 Å². The van der Waals surface area contributed by atoms with Gasteiger partial charge in [0.25, 0.3) is 0 Å². The highest BCUT2D eigenvalue weighted by atomic mass is 127. The van der Waals surface area contributed by atoms with Gasteiger partial charge in [-0.25, -0.2) is 13.2 Å². The van der Waals surface area contributed by atoms with Crippen LogP contribution in [0.15, 0.2) is 6.07 Å². The first-order valence-corrected chi connectivity index (χ1v) is 3.70. The maximum atomic E-state index is 12.6. The maximum Gasteiger partial charge on any atom is 0.175 e. The molecule has 0 aromatic heterocycles. The third kappa shape index (κ3) is 1.52. The predicted octanol–water partition coefficient (Wildman–Crippen LogP) is 1.50. The largest absolute Gasteiger partial charge is 0.206 e. The van der Waals surface area contributed by atoms with Crippen LogP contribution in [-0.2, 0) is 0 Å². The van der Waals surface area contributed by atoms with Crippen molar-refractivity contribution in [2.75, 3.05) is 0 Å². The van der Waals surface area contributed by atoms with Gasteiger partial charge in [0.15, 0.2) is 11.6 Å². The molecule has 0 nitrogen and oxygen atoms in total. The van der Waals surface area contributed by atoms with Crippen LogP contribution in [0.3, 0.4) is 0 Å². The Balaban J connectivity index is 3.46. The lowest BCUT2D eigenvalue weighted by Gasteiger charge is -2.01. The van der Waals surface area contributed by atoms with Crippen molar-refractivity contribution >= 4 is 35.9 Å². The first kappa shape index (κ1) is 8.90. The molecular formula is C6HBF3I. The molecule has 0 saturated carbocycles. The lowest BCUT2D eigenvalue weighted by molar-refractivity contribution is 0.490. The molecule has 0 aliphatic carbocycles. The van der Waals surface area contributed by atoms with Crippen molar-refractivity contribution in [3.05, 3.63) is 27.1 Å². The highest BCUT2D eigenvalue weighted by Crippen LogP contribution is 2.15. The minimum absolute atomic E-state index is 0.381. The standard InChI is InChI=1S/C6HBF3I/c7-2-1-3(8)5(10)6(11)4(2)9/h1H. The van der Waals surface area contributed by atoms with Crippen LogP contribution in [0.25, 0.3) is 0 Å². The fraction of sp³-hybridized carbons (Fsp3) is 0. The molecule has 0 saturated heterocycles. The van der Waals surface area contributed by atoms with Crippen LogP contribution >= 0.6 is 22.6 Å². The minimum atomic E-state index is -1.20. The van der Waals surface area contributed by atoms with E-state index in [0.717, 1.165) is 0 Å². The maximum absolute atomic E-state index is 12.6. The van der Waals surface area contributed by atoms with Gasteiger partial charge in [-0.2, -0.15) is 0 Å². The van der Waals surface area contributed by atoms with Gasteiger partial charge in [0, 0.05) is 0 Å². The Labute approximate surface area is 76.3 Å². The summed E-state index contributed by atoms with van der Waals surface area (Å²) in [4.78, 5) is 0. The van der Waals surface area contributed by atoms with Gasteiger partial charge < -0.3 is 0 Å². The van der Waals surface area contributed by atoms with E-state index >= 15 is 0 Å². The van der Waals surface area contributed by atoms with E-state index in [2.05, 4.69) is 0 Å². The van der Waals surface area contributed by atoms with Gasteiger partial charge in [-0.05, 0) is 28.7 Å². The molecule has 0 atom stereocenters. The number of hydrogen-bond acceptors (Lipinski definition) is 0. The minimum Gasteiger partial charge on any atom is -0.206 e. The third-order valence-corrected chi connectivity index (χ3v) is 2.08. The van der Waals surface area contributed by atoms with Crippen molar-refractivity contribution in [3.8, 4) is 0 Å². The molecule has 0 aliphatic rings. The van der Waals surface area contributed by atoms with Gasteiger partial charge in [0.05, 0.1) is 3.57 Å². The second kappa shape index (κ2) is 3.04. The van der Waals surface area contributed by atoms with Crippen molar-refractivity contribution in [1.29, 1.82) is 0 Å². The average Bonchev–Trinajstić information content (AvgIpc) is 1.97. The summed E-state index contributed by atoms with van der Waals surface area (Å²) in [5.74, 6) is -3.24. The van der Waals surface area contributed by atoms with Gasteiger partial charge in [-0.3, -0.25) is 0 Å². The molecule has 1 aromatic carbocycles. The average molecular weight is 268 g/mol. The predicted molar refractivity (Wildman–Crippen MR) is 44.4 cm³/mol. The number of hydrogen-bond donors (Lipinski definition) is 0. The lowest BCUT2D eigenvalue weighted by Crippen LogP contribution is -2.13. The summed E-state index contributed by atoms with van der Waals surface area (Å²) in [5.41, 5.74) is -0.381. The molecular weight excluding hydrogens is 267 g/mol. The van der Waals surface area contributed by atoms with E-state index in [0.29, 0.717) is 6.07 Å². The first-order valence-electron chi connectivity index (χ1n) is 2.62. The van der Waals surface area contributed by atoms with Crippen LogP contribution < -0.4 is 5.46 Å². The molecule has 0 amide bonds. The SMILES string of the molecule is [B]c1cc(F)c(F)c(I)c1F. The van der Waals surface area contributed by atoms with Gasteiger partial charge in [-0.1, -0.05) is 5.46 Å². The van der Waals surface area contributed by atoms with Gasteiger partial charge in [-0.15, -0.1) is 0 Å². The van der Waals surface area contributed by atoms with E-state index in [9.17, 15) is 13.2 Å². The molecule has 0 bridgehead atoms.